The highest BCUT2D eigenvalue weighted by atomic mass is 16.5. The highest BCUT2D eigenvalue weighted by Gasteiger charge is 2.11. The number of rotatable bonds is 3. The van der Waals surface area contributed by atoms with Crippen LogP contribution in [0.2, 0.25) is 0 Å². The lowest BCUT2D eigenvalue weighted by Crippen LogP contribution is -2.13. The van der Waals surface area contributed by atoms with Crippen LogP contribution in [-0.4, -0.2) is 19.0 Å². The van der Waals surface area contributed by atoms with Crippen molar-refractivity contribution in [2.75, 3.05) is 12.4 Å². The van der Waals surface area contributed by atoms with Crippen molar-refractivity contribution < 1.29 is 14.3 Å². The van der Waals surface area contributed by atoms with Gasteiger partial charge in [-0.3, -0.25) is 4.79 Å². The minimum Gasteiger partial charge on any atom is -0.465 e. The summed E-state index contributed by atoms with van der Waals surface area (Å²) in [5.41, 5.74) is 2.65. The topological polar surface area (TPSA) is 79.2 Å². The summed E-state index contributed by atoms with van der Waals surface area (Å²) >= 11 is 0. The number of ether oxygens (including phenoxy) is 1. The smallest absolute Gasteiger partial charge is 0.337 e. The standard InChI is InChI=1S/C17H14N2O3/c1-11-3-6-14(17(21)22-2)9-15(11)19-16(20)13-7-4-12(10-18)5-8-13/h3-9H,1-2H3,(H,19,20). The Kier molecular flexibility index (Phi) is 4.54. The van der Waals surface area contributed by atoms with E-state index in [0.29, 0.717) is 22.4 Å². The number of methoxy groups -OCH3 is 1. The molecule has 1 N–H and O–H groups in total. The van der Waals surface area contributed by atoms with Crippen LogP contribution < -0.4 is 5.32 Å². The number of amides is 1. The number of nitrogens with zero attached hydrogens (tertiary/aromatic N) is 1. The number of hydrogen-bond acceptors (Lipinski definition) is 4. The lowest BCUT2D eigenvalue weighted by atomic mass is 10.1. The van der Waals surface area contributed by atoms with Gasteiger partial charge in [0.15, 0.2) is 0 Å². The van der Waals surface area contributed by atoms with Crippen LogP contribution in [0.25, 0.3) is 0 Å². The summed E-state index contributed by atoms with van der Waals surface area (Å²) in [6.45, 7) is 1.83. The van der Waals surface area contributed by atoms with E-state index in [4.69, 9.17) is 5.26 Å². The Bertz CT molecular complexity index is 758. The van der Waals surface area contributed by atoms with E-state index in [9.17, 15) is 9.59 Å². The van der Waals surface area contributed by atoms with Crippen LogP contribution in [0.4, 0.5) is 5.69 Å². The summed E-state index contributed by atoms with van der Waals surface area (Å²) in [6.07, 6.45) is 0. The summed E-state index contributed by atoms with van der Waals surface area (Å²) in [5.74, 6) is -0.775. The predicted octanol–water partition coefficient (Wildman–Crippen LogP) is 2.91. The molecule has 2 aromatic carbocycles. The molecule has 0 radical (unpaired) electrons. The quantitative estimate of drug-likeness (QED) is 0.883. The molecule has 0 unspecified atom stereocenters. The van der Waals surface area contributed by atoms with Gasteiger partial charge in [-0.25, -0.2) is 4.79 Å². The molecule has 5 nitrogen and oxygen atoms in total. The third-order valence-corrected chi connectivity index (χ3v) is 3.18. The molecule has 2 aromatic rings. The zero-order chi connectivity index (χ0) is 16.1. The van der Waals surface area contributed by atoms with Crippen LogP contribution in [-0.2, 0) is 4.74 Å². The summed E-state index contributed by atoms with van der Waals surface area (Å²) in [6, 6.07) is 13.2. The van der Waals surface area contributed by atoms with Crippen LogP contribution >= 0.6 is 0 Å². The molecule has 22 heavy (non-hydrogen) atoms. The van der Waals surface area contributed by atoms with Gasteiger partial charge < -0.3 is 10.1 Å². The Balaban J connectivity index is 2.23. The molecule has 0 saturated heterocycles. The number of anilines is 1. The SMILES string of the molecule is COC(=O)c1ccc(C)c(NC(=O)c2ccc(C#N)cc2)c1. The summed E-state index contributed by atoms with van der Waals surface area (Å²) < 4.78 is 4.66. The van der Waals surface area contributed by atoms with E-state index in [1.54, 1.807) is 42.5 Å². The minimum atomic E-state index is -0.464. The Morgan fingerprint density at radius 3 is 2.32 bits per heavy atom. The van der Waals surface area contributed by atoms with Gasteiger partial charge in [-0.1, -0.05) is 6.07 Å². The van der Waals surface area contributed by atoms with Crippen molar-refractivity contribution in [1.29, 1.82) is 5.26 Å². The first-order valence-electron chi connectivity index (χ1n) is 6.55. The lowest BCUT2D eigenvalue weighted by Gasteiger charge is -2.10. The highest BCUT2D eigenvalue weighted by Crippen LogP contribution is 2.18. The summed E-state index contributed by atoms with van der Waals surface area (Å²) in [5, 5.41) is 11.5. The van der Waals surface area contributed by atoms with Gasteiger partial charge in [0, 0.05) is 11.3 Å². The Morgan fingerprint density at radius 1 is 1.09 bits per heavy atom. The number of esters is 1. The van der Waals surface area contributed by atoms with Gasteiger partial charge in [-0.2, -0.15) is 5.26 Å². The number of benzene rings is 2. The third kappa shape index (κ3) is 3.30. The first kappa shape index (κ1) is 15.3. The van der Waals surface area contributed by atoms with Crippen molar-refractivity contribution in [3.8, 4) is 6.07 Å². The van der Waals surface area contributed by atoms with Crippen molar-refractivity contribution >= 4 is 17.6 Å². The highest BCUT2D eigenvalue weighted by molar-refractivity contribution is 6.05. The molecule has 0 spiro atoms. The van der Waals surface area contributed by atoms with E-state index < -0.39 is 5.97 Å². The molecular formula is C17H14N2O3. The summed E-state index contributed by atoms with van der Waals surface area (Å²) in [7, 11) is 1.30. The third-order valence-electron chi connectivity index (χ3n) is 3.18. The molecule has 0 aromatic heterocycles. The van der Waals surface area contributed by atoms with Gasteiger partial charge in [0.1, 0.15) is 0 Å². The van der Waals surface area contributed by atoms with Crippen LogP contribution in [0.3, 0.4) is 0 Å². The predicted molar refractivity (Wildman–Crippen MR) is 81.6 cm³/mol. The molecule has 0 heterocycles. The second-order valence-corrected chi connectivity index (χ2v) is 4.66. The number of carbonyl (C=O) groups is 2. The largest absolute Gasteiger partial charge is 0.465 e. The lowest BCUT2D eigenvalue weighted by molar-refractivity contribution is 0.0600. The van der Waals surface area contributed by atoms with E-state index in [1.165, 1.54) is 7.11 Å². The maximum absolute atomic E-state index is 12.2. The van der Waals surface area contributed by atoms with Crippen molar-refractivity contribution in [3.05, 3.63) is 64.7 Å². The maximum atomic E-state index is 12.2. The Labute approximate surface area is 128 Å². The molecule has 2 rings (SSSR count). The van der Waals surface area contributed by atoms with Gasteiger partial charge in [-0.05, 0) is 48.9 Å². The number of nitrogens with one attached hydrogen (secondary N) is 1. The Hall–Kier alpha value is -3.13. The Morgan fingerprint density at radius 2 is 1.73 bits per heavy atom. The number of nitriles is 1. The van der Waals surface area contributed by atoms with E-state index >= 15 is 0 Å². The fourth-order valence-electron chi connectivity index (χ4n) is 1.89. The van der Waals surface area contributed by atoms with Crippen LogP contribution in [0.5, 0.6) is 0 Å². The average molecular weight is 294 g/mol. The zero-order valence-corrected chi connectivity index (χ0v) is 12.2. The van der Waals surface area contributed by atoms with Gasteiger partial charge >= 0.3 is 5.97 Å². The van der Waals surface area contributed by atoms with Crippen LogP contribution in [0, 0.1) is 18.3 Å². The van der Waals surface area contributed by atoms with Crippen LogP contribution in [0.1, 0.15) is 31.8 Å². The minimum absolute atomic E-state index is 0.311. The van der Waals surface area contributed by atoms with Gasteiger partial charge in [0.2, 0.25) is 0 Å². The number of carbonyl (C=O) groups excluding carboxylic acids is 2. The normalized spacial score (nSPS) is 9.68. The first-order valence-corrected chi connectivity index (χ1v) is 6.55. The molecule has 0 aliphatic rings. The second kappa shape index (κ2) is 6.55. The van der Waals surface area contributed by atoms with E-state index in [1.807, 2.05) is 13.0 Å². The molecule has 5 heteroatoms. The molecule has 0 saturated carbocycles. The van der Waals surface area contributed by atoms with Crippen molar-refractivity contribution in [2.24, 2.45) is 0 Å². The van der Waals surface area contributed by atoms with Gasteiger partial charge in [-0.15, -0.1) is 0 Å². The first-order chi connectivity index (χ1) is 10.5. The molecule has 0 bridgehead atoms. The molecule has 0 atom stereocenters. The number of aryl methyl sites for hydroxylation is 1. The number of hydrogen-bond donors (Lipinski definition) is 1. The van der Waals surface area contributed by atoms with Gasteiger partial charge in [0.25, 0.3) is 5.91 Å². The fourth-order valence-corrected chi connectivity index (χ4v) is 1.89. The molecule has 0 fully saturated rings. The molecule has 1 amide bonds. The second-order valence-electron chi connectivity index (χ2n) is 4.66. The fraction of sp³-hybridized carbons (Fsp3) is 0.118. The molecular weight excluding hydrogens is 280 g/mol. The van der Waals surface area contributed by atoms with E-state index in [-0.39, 0.29) is 5.91 Å². The molecule has 110 valence electrons. The van der Waals surface area contributed by atoms with Crippen molar-refractivity contribution in [2.45, 2.75) is 6.92 Å². The van der Waals surface area contributed by atoms with Gasteiger partial charge in [0.05, 0.1) is 24.3 Å². The maximum Gasteiger partial charge on any atom is 0.337 e. The average Bonchev–Trinajstić information content (AvgIpc) is 2.56. The van der Waals surface area contributed by atoms with Crippen LogP contribution in [0.15, 0.2) is 42.5 Å². The van der Waals surface area contributed by atoms with E-state index in [0.717, 1.165) is 5.56 Å². The van der Waals surface area contributed by atoms with Crippen molar-refractivity contribution in [1.82, 2.24) is 0 Å². The molecule has 0 aliphatic carbocycles. The van der Waals surface area contributed by atoms with Crippen molar-refractivity contribution in [3.63, 3.8) is 0 Å². The summed E-state index contributed by atoms with van der Waals surface area (Å²) in [4.78, 5) is 23.7. The monoisotopic (exact) mass is 294 g/mol. The zero-order valence-electron chi connectivity index (χ0n) is 12.2. The van der Waals surface area contributed by atoms with E-state index in [2.05, 4.69) is 10.1 Å². The molecule has 0 aliphatic heterocycles.